The minimum Gasteiger partial charge on any atom is -0.481 e. The second-order valence-corrected chi connectivity index (χ2v) is 9.82. The molecule has 0 aliphatic heterocycles. The zero-order chi connectivity index (χ0) is 18.0. The first-order chi connectivity index (χ1) is 11.8. The third-order valence-corrected chi connectivity index (χ3v) is 9.03. The van der Waals surface area contributed by atoms with Crippen molar-refractivity contribution in [2.75, 3.05) is 0 Å². The fourth-order valence-corrected chi connectivity index (χ4v) is 7.59. The van der Waals surface area contributed by atoms with Crippen molar-refractivity contribution < 1.29 is 14.7 Å². The minimum absolute atomic E-state index is 0.195. The van der Waals surface area contributed by atoms with Gasteiger partial charge in [0, 0.05) is 6.42 Å². The molecule has 4 aliphatic carbocycles. The number of carbonyl (C=O) groups is 2. The van der Waals surface area contributed by atoms with Crippen LogP contribution in [-0.2, 0) is 9.59 Å². The SMILES string of the molecule is C[C@H](C(=O)O)[C@H]1CCC2C3CCC4=CC(=O)CC[C@]4(C)C3CC[C@@]21C. The van der Waals surface area contributed by atoms with Crippen molar-refractivity contribution in [1.29, 1.82) is 0 Å². The number of carboxylic acid groups (broad SMARTS) is 1. The van der Waals surface area contributed by atoms with Crippen LogP contribution in [0.25, 0.3) is 0 Å². The molecule has 138 valence electrons. The quantitative estimate of drug-likeness (QED) is 0.778. The standard InChI is InChI=1S/C22H32O3/c1-13(20(24)25)17-6-7-18-16-5-4-14-12-15(23)8-10-21(14,2)19(16)9-11-22(17,18)3/h12-13,16-19H,4-11H2,1-3H3,(H,24,25)/t13-,16?,17+,18?,19?,21-,22+/m0/s1. The van der Waals surface area contributed by atoms with Gasteiger partial charge in [-0.25, -0.2) is 0 Å². The van der Waals surface area contributed by atoms with Gasteiger partial charge >= 0.3 is 5.97 Å². The van der Waals surface area contributed by atoms with Crippen LogP contribution in [0.3, 0.4) is 0 Å². The number of carboxylic acids is 1. The first-order valence-corrected chi connectivity index (χ1v) is 10.2. The smallest absolute Gasteiger partial charge is 0.306 e. The summed E-state index contributed by atoms with van der Waals surface area (Å²) in [4.78, 5) is 23.5. The summed E-state index contributed by atoms with van der Waals surface area (Å²) in [6.07, 6.45) is 10.6. The summed E-state index contributed by atoms with van der Waals surface area (Å²) >= 11 is 0. The Balaban J connectivity index is 1.63. The molecule has 0 spiro atoms. The van der Waals surface area contributed by atoms with E-state index < -0.39 is 5.97 Å². The third-order valence-electron chi connectivity index (χ3n) is 9.03. The summed E-state index contributed by atoms with van der Waals surface area (Å²) in [5, 5.41) is 9.56. The average Bonchev–Trinajstić information content (AvgIpc) is 2.92. The lowest BCUT2D eigenvalue weighted by Gasteiger charge is -2.58. The monoisotopic (exact) mass is 344 g/mol. The highest BCUT2D eigenvalue weighted by Crippen LogP contribution is 2.67. The van der Waals surface area contributed by atoms with Crippen molar-refractivity contribution in [2.24, 2.45) is 40.4 Å². The zero-order valence-electron chi connectivity index (χ0n) is 15.9. The van der Waals surface area contributed by atoms with Crippen LogP contribution in [-0.4, -0.2) is 16.9 Å². The van der Waals surface area contributed by atoms with Crippen molar-refractivity contribution in [1.82, 2.24) is 0 Å². The maximum atomic E-state index is 11.9. The van der Waals surface area contributed by atoms with Crippen molar-refractivity contribution in [3.63, 3.8) is 0 Å². The van der Waals surface area contributed by atoms with Crippen LogP contribution < -0.4 is 0 Å². The van der Waals surface area contributed by atoms with Gasteiger partial charge < -0.3 is 5.11 Å². The number of ketones is 1. The Labute approximate surface area is 151 Å². The van der Waals surface area contributed by atoms with E-state index in [1.54, 1.807) is 0 Å². The second kappa shape index (κ2) is 5.69. The van der Waals surface area contributed by atoms with Crippen LogP contribution >= 0.6 is 0 Å². The van der Waals surface area contributed by atoms with E-state index in [1.165, 1.54) is 24.8 Å². The summed E-state index contributed by atoms with van der Waals surface area (Å²) in [5.74, 6) is 1.89. The summed E-state index contributed by atoms with van der Waals surface area (Å²) in [6, 6.07) is 0. The van der Waals surface area contributed by atoms with Gasteiger partial charge in [-0.1, -0.05) is 26.3 Å². The number of carbonyl (C=O) groups excluding carboxylic acids is 1. The van der Waals surface area contributed by atoms with Gasteiger partial charge in [0.15, 0.2) is 5.78 Å². The lowest BCUT2D eigenvalue weighted by Crippen LogP contribution is -2.51. The first kappa shape index (κ1) is 17.3. The molecule has 3 heteroatoms. The van der Waals surface area contributed by atoms with E-state index in [2.05, 4.69) is 13.8 Å². The Morgan fingerprint density at radius 3 is 2.60 bits per heavy atom. The molecule has 0 amide bonds. The predicted octanol–water partition coefficient (Wildman–Crippen LogP) is 4.86. The molecule has 3 fully saturated rings. The van der Waals surface area contributed by atoms with E-state index in [4.69, 9.17) is 0 Å². The van der Waals surface area contributed by atoms with Crippen LogP contribution in [0.4, 0.5) is 0 Å². The van der Waals surface area contributed by atoms with E-state index in [0.29, 0.717) is 30.0 Å². The van der Waals surface area contributed by atoms with Crippen molar-refractivity contribution >= 4 is 11.8 Å². The lowest BCUT2D eigenvalue weighted by atomic mass is 9.46. The molecule has 3 saturated carbocycles. The van der Waals surface area contributed by atoms with Gasteiger partial charge in [0.05, 0.1) is 5.92 Å². The Morgan fingerprint density at radius 2 is 1.88 bits per heavy atom. The molecule has 0 aromatic heterocycles. The zero-order valence-corrected chi connectivity index (χ0v) is 15.9. The Morgan fingerprint density at radius 1 is 1.12 bits per heavy atom. The van der Waals surface area contributed by atoms with Crippen LogP contribution in [0.1, 0.15) is 72.1 Å². The van der Waals surface area contributed by atoms with Crippen molar-refractivity contribution in [2.45, 2.75) is 72.1 Å². The van der Waals surface area contributed by atoms with Gasteiger partial charge in [-0.3, -0.25) is 9.59 Å². The molecular weight excluding hydrogens is 312 g/mol. The summed E-state index contributed by atoms with van der Waals surface area (Å²) in [7, 11) is 0. The normalized spacial score (nSPS) is 47.3. The number of rotatable bonds is 2. The molecule has 0 radical (unpaired) electrons. The fraction of sp³-hybridized carbons (Fsp3) is 0.818. The first-order valence-electron chi connectivity index (χ1n) is 10.2. The lowest BCUT2D eigenvalue weighted by molar-refractivity contribution is -0.146. The second-order valence-electron chi connectivity index (χ2n) is 9.82. The average molecular weight is 344 g/mol. The van der Waals surface area contributed by atoms with Crippen molar-refractivity contribution in [3.05, 3.63) is 11.6 Å². The molecule has 0 aromatic carbocycles. The molecular formula is C22H32O3. The number of aliphatic carboxylic acids is 1. The van der Waals surface area contributed by atoms with Gasteiger partial charge in [-0.2, -0.15) is 0 Å². The third kappa shape index (κ3) is 2.37. The molecule has 25 heavy (non-hydrogen) atoms. The van der Waals surface area contributed by atoms with E-state index in [0.717, 1.165) is 31.6 Å². The van der Waals surface area contributed by atoms with E-state index in [1.807, 2.05) is 13.0 Å². The summed E-state index contributed by atoms with van der Waals surface area (Å²) < 4.78 is 0. The molecule has 4 aliphatic rings. The largest absolute Gasteiger partial charge is 0.481 e. The molecule has 0 saturated heterocycles. The molecule has 0 bridgehead atoms. The highest BCUT2D eigenvalue weighted by molar-refractivity contribution is 5.91. The highest BCUT2D eigenvalue weighted by Gasteiger charge is 2.60. The minimum atomic E-state index is -0.624. The Hall–Kier alpha value is -1.12. The molecule has 7 atom stereocenters. The van der Waals surface area contributed by atoms with Gasteiger partial charge in [-0.05, 0) is 85.5 Å². The van der Waals surface area contributed by atoms with Gasteiger partial charge in [0.25, 0.3) is 0 Å². The molecule has 4 rings (SSSR count). The topological polar surface area (TPSA) is 54.4 Å². The van der Waals surface area contributed by atoms with Crippen molar-refractivity contribution in [3.8, 4) is 0 Å². The van der Waals surface area contributed by atoms with E-state index in [9.17, 15) is 14.7 Å². The number of hydrogen-bond donors (Lipinski definition) is 1. The maximum Gasteiger partial charge on any atom is 0.306 e. The number of fused-ring (bicyclic) bond motifs is 5. The Kier molecular flexibility index (Phi) is 3.94. The van der Waals surface area contributed by atoms with Gasteiger partial charge in [-0.15, -0.1) is 0 Å². The summed E-state index contributed by atoms with van der Waals surface area (Å²) in [6.45, 7) is 6.72. The predicted molar refractivity (Wildman–Crippen MR) is 97.0 cm³/mol. The van der Waals surface area contributed by atoms with Gasteiger partial charge in [0.2, 0.25) is 0 Å². The number of allylic oxidation sites excluding steroid dienone is 1. The molecule has 0 heterocycles. The van der Waals surface area contributed by atoms with Crippen LogP contribution in [0.5, 0.6) is 0 Å². The maximum absolute atomic E-state index is 11.9. The molecule has 1 N–H and O–H groups in total. The highest BCUT2D eigenvalue weighted by atomic mass is 16.4. The van der Waals surface area contributed by atoms with Crippen LogP contribution in [0.2, 0.25) is 0 Å². The van der Waals surface area contributed by atoms with E-state index >= 15 is 0 Å². The Bertz CT molecular complexity index is 635. The molecule has 0 aromatic rings. The molecule has 3 unspecified atom stereocenters. The summed E-state index contributed by atoms with van der Waals surface area (Å²) in [5.41, 5.74) is 1.83. The fourth-order valence-electron chi connectivity index (χ4n) is 7.59. The molecule has 3 nitrogen and oxygen atoms in total. The number of hydrogen-bond acceptors (Lipinski definition) is 2. The van der Waals surface area contributed by atoms with Crippen LogP contribution in [0, 0.1) is 40.4 Å². The van der Waals surface area contributed by atoms with E-state index in [-0.39, 0.29) is 16.7 Å². The van der Waals surface area contributed by atoms with Gasteiger partial charge in [0.1, 0.15) is 0 Å². The van der Waals surface area contributed by atoms with Crippen LogP contribution in [0.15, 0.2) is 11.6 Å².